The monoisotopic (exact) mass is 319 g/mol. The van der Waals surface area contributed by atoms with Crippen LogP contribution >= 0.6 is 0 Å². The molecule has 3 rings (SSSR count). The molecule has 1 atom stereocenters. The molecule has 0 aromatic heterocycles. The Balaban J connectivity index is 1.51. The lowest BCUT2D eigenvalue weighted by molar-refractivity contribution is 0.192. The molecule has 0 radical (unpaired) electrons. The summed E-state index contributed by atoms with van der Waals surface area (Å²) in [5.74, 6) is 0.239. The van der Waals surface area contributed by atoms with Crippen LogP contribution in [-0.2, 0) is 0 Å². The summed E-state index contributed by atoms with van der Waals surface area (Å²) in [5, 5.41) is 2.85. The molecule has 5 heteroatoms. The number of piperidine rings is 1. The van der Waals surface area contributed by atoms with Gasteiger partial charge in [0, 0.05) is 25.3 Å². The van der Waals surface area contributed by atoms with Crippen LogP contribution in [-0.4, -0.2) is 48.6 Å². The third kappa shape index (κ3) is 4.22. The molecule has 0 spiro atoms. The van der Waals surface area contributed by atoms with E-state index in [0.29, 0.717) is 11.6 Å². The first-order chi connectivity index (χ1) is 11.1. The van der Waals surface area contributed by atoms with Crippen LogP contribution in [0.5, 0.6) is 0 Å². The number of benzene rings is 1. The Labute approximate surface area is 137 Å². The van der Waals surface area contributed by atoms with Crippen LogP contribution < -0.4 is 5.32 Å². The quantitative estimate of drug-likeness (QED) is 0.926. The zero-order valence-electron chi connectivity index (χ0n) is 13.9. The van der Waals surface area contributed by atoms with Gasteiger partial charge in [0.2, 0.25) is 0 Å². The number of hydrogen-bond acceptors (Lipinski definition) is 2. The number of halogens is 1. The van der Waals surface area contributed by atoms with Crippen LogP contribution in [0.4, 0.5) is 14.9 Å². The maximum Gasteiger partial charge on any atom is 0.321 e. The van der Waals surface area contributed by atoms with Gasteiger partial charge in [0.25, 0.3) is 0 Å². The number of rotatable bonds is 3. The molecule has 1 aromatic rings. The summed E-state index contributed by atoms with van der Waals surface area (Å²) in [7, 11) is 0. The molecule has 1 N–H and O–H groups in total. The minimum absolute atomic E-state index is 0.111. The molecule has 4 nitrogen and oxygen atoms in total. The average Bonchev–Trinajstić information content (AvgIpc) is 3.00. The zero-order valence-corrected chi connectivity index (χ0v) is 13.9. The number of amides is 2. The van der Waals surface area contributed by atoms with Gasteiger partial charge in [-0.2, -0.15) is 0 Å². The molecular formula is C18H26FN3O. The fourth-order valence-corrected chi connectivity index (χ4v) is 3.60. The largest absolute Gasteiger partial charge is 0.324 e. The predicted molar refractivity (Wildman–Crippen MR) is 90.1 cm³/mol. The van der Waals surface area contributed by atoms with Crippen molar-refractivity contribution in [3.8, 4) is 0 Å². The van der Waals surface area contributed by atoms with Crippen LogP contribution in [0.15, 0.2) is 18.2 Å². The Morgan fingerprint density at radius 3 is 2.83 bits per heavy atom. The zero-order chi connectivity index (χ0) is 16.2. The van der Waals surface area contributed by atoms with E-state index in [4.69, 9.17) is 0 Å². The highest BCUT2D eigenvalue weighted by Crippen LogP contribution is 2.22. The van der Waals surface area contributed by atoms with E-state index in [0.717, 1.165) is 31.6 Å². The lowest BCUT2D eigenvalue weighted by atomic mass is 10.1. The van der Waals surface area contributed by atoms with Crippen molar-refractivity contribution in [1.29, 1.82) is 0 Å². The molecule has 0 aliphatic carbocycles. The maximum absolute atomic E-state index is 13.3. The van der Waals surface area contributed by atoms with E-state index in [1.54, 1.807) is 6.07 Å². The van der Waals surface area contributed by atoms with Crippen molar-refractivity contribution in [3.63, 3.8) is 0 Å². The van der Waals surface area contributed by atoms with Gasteiger partial charge < -0.3 is 15.1 Å². The van der Waals surface area contributed by atoms with Crippen molar-refractivity contribution in [1.82, 2.24) is 9.80 Å². The molecule has 0 bridgehead atoms. The van der Waals surface area contributed by atoms with Crippen molar-refractivity contribution in [3.05, 3.63) is 29.6 Å². The summed E-state index contributed by atoms with van der Waals surface area (Å²) < 4.78 is 13.3. The maximum atomic E-state index is 13.3. The van der Waals surface area contributed by atoms with Gasteiger partial charge in [-0.3, -0.25) is 0 Å². The Morgan fingerprint density at radius 2 is 2.04 bits per heavy atom. The highest BCUT2D eigenvalue weighted by Gasteiger charge is 2.28. The Kier molecular flexibility index (Phi) is 5.16. The number of urea groups is 1. The molecule has 1 aromatic carbocycles. The Bertz CT molecular complexity index is 557. The first-order valence-electron chi connectivity index (χ1n) is 8.66. The molecule has 2 heterocycles. The number of nitrogens with one attached hydrogen (secondary N) is 1. The van der Waals surface area contributed by atoms with E-state index >= 15 is 0 Å². The van der Waals surface area contributed by atoms with Gasteiger partial charge in [-0.05, 0) is 62.9 Å². The molecule has 2 aliphatic rings. The average molecular weight is 319 g/mol. The molecular weight excluding hydrogens is 293 g/mol. The van der Waals surface area contributed by atoms with Crippen molar-refractivity contribution in [2.45, 2.75) is 32.6 Å². The van der Waals surface area contributed by atoms with Gasteiger partial charge in [0.05, 0.1) is 0 Å². The molecule has 2 aliphatic heterocycles. The molecule has 1 unspecified atom stereocenters. The molecule has 2 amide bonds. The molecule has 23 heavy (non-hydrogen) atoms. The third-order valence-corrected chi connectivity index (χ3v) is 4.98. The van der Waals surface area contributed by atoms with E-state index in [9.17, 15) is 9.18 Å². The van der Waals surface area contributed by atoms with Gasteiger partial charge >= 0.3 is 6.03 Å². The van der Waals surface area contributed by atoms with Gasteiger partial charge in [-0.1, -0.05) is 12.5 Å². The van der Waals surface area contributed by atoms with Crippen LogP contribution in [0.3, 0.4) is 0 Å². The minimum Gasteiger partial charge on any atom is -0.324 e. The highest BCUT2D eigenvalue weighted by molar-refractivity contribution is 5.90. The Morgan fingerprint density at radius 1 is 1.26 bits per heavy atom. The number of carbonyl (C=O) groups excluding carboxylic acids is 1. The van der Waals surface area contributed by atoms with E-state index < -0.39 is 0 Å². The fourth-order valence-electron chi connectivity index (χ4n) is 3.60. The summed E-state index contributed by atoms with van der Waals surface area (Å²) >= 11 is 0. The van der Waals surface area contributed by atoms with E-state index in [-0.39, 0.29) is 11.8 Å². The summed E-state index contributed by atoms with van der Waals surface area (Å²) in [6.07, 6.45) is 5.01. The predicted octanol–water partition coefficient (Wildman–Crippen LogP) is 3.47. The lowest BCUT2D eigenvalue weighted by Gasteiger charge is -2.29. The van der Waals surface area contributed by atoms with Gasteiger partial charge in [0.1, 0.15) is 5.82 Å². The van der Waals surface area contributed by atoms with Crippen molar-refractivity contribution in [2.24, 2.45) is 5.92 Å². The van der Waals surface area contributed by atoms with Crippen molar-refractivity contribution >= 4 is 11.7 Å². The first-order valence-corrected chi connectivity index (χ1v) is 8.66. The molecule has 0 saturated carbocycles. The van der Waals surface area contributed by atoms with E-state index in [1.165, 1.54) is 44.5 Å². The minimum atomic E-state index is -0.324. The summed E-state index contributed by atoms with van der Waals surface area (Å²) in [5.41, 5.74) is 1.44. The summed E-state index contributed by atoms with van der Waals surface area (Å²) in [4.78, 5) is 16.8. The topological polar surface area (TPSA) is 35.6 Å². The summed E-state index contributed by atoms with van der Waals surface area (Å²) in [6.45, 7) is 6.97. The number of carbonyl (C=O) groups is 1. The smallest absolute Gasteiger partial charge is 0.321 e. The van der Waals surface area contributed by atoms with E-state index in [2.05, 4.69) is 10.2 Å². The fraction of sp³-hybridized carbons (Fsp3) is 0.611. The third-order valence-electron chi connectivity index (χ3n) is 4.98. The van der Waals surface area contributed by atoms with Crippen LogP contribution in [0.2, 0.25) is 0 Å². The van der Waals surface area contributed by atoms with Crippen LogP contribution in [0.1, 0.15) is 31.2 Å². The molecule has 126 valence electrons. The highest BCUT2D eigenvalue weighted by atomic mass is 19.1. The molecule has 2 fully saturated rings. The standard InChI is InChI=1S/C18H26FN3O/c1-14-5-6-16(19)11-17(14)20-18(23)22-10-7-15(13-22)12-21-8-3-2-4-9-21/h5-6,11,15H,2-4,7-10,12-13H2,1H3,(H,20,23). The molecule has 2 saturated heterocycles. The second-order valence-electron chi connectivity index (χ2n) is 6.85. The second-order valence-corrected chi connectivity index (χ2v) is 6.85. The first kappa shape index (κ1) is 16.2. The van der Waals surface area contributed by atoms with Crippen LogP contribution in [0, 0.1) is 18.7 Å². The van der Waals surface area contributed by atoms with Crippen molar-refractivity contribution < 1.29 is 9.18 Å². The van der Waals surface area contributed by atoms with Gasteiger partial charge in [-0.25, -0.2) is 9.18 Å². The number of aryl methyl sites for hydroxylation is 1. The lowest BCUT2D eigenvalue weighted by Crippen LogP contribution is -2.37. The van der Waals surface area contributed by atoms with Crippen molar-refractivity contribution in [2.75, 3.05) is 38.0 Å². The Hall–Kier alpha value is -1.62. The SMILES string of the molecule is Cc1ccc(F)cc1NC(=O)N1CCC(CN2CCCCC2)C1. The van der Waals surface area contributed by atoms with Gasteiger partial charge in [0.15, 0.2) is 0 Å². The summed E-state index contributed by atoms with van der Waals surface area (Å²) in [6, 6.07) is 4.37. The number of nitrogens with zero attached hydrogens (tertiary/aromatic N) is 2. The normalized spacial score (nSPS) is 22.3. The number of likely N-dealkylation sites (tertiary alicyclic amines) is 2. The van der Waals surface area contributed by atoms with E-state index in [1.807, 2.05) is 11.8 Å². The number of hydrogen-bond donors (Lipinski definition) is 1. The second kappa shape index (κ2) is 7.30. The van der Waals surface area contributed by atoms with Crippen LogP contribution in [0.25, 0.3) is 0 Å². The van der Waals surface area contributed by atoms with Gasteiger partial charge in [-0.15, -0.1) is 0 Å². The number of anilines is 1.